The number of benzene rings is 1. The number of nitrogens with one attached hydrogen (secondary N) is 1. The summed E-state index contributed by atoms with van der Waals surface area (Å²) in [5.41, 5.74) is 5.83. The van der Waals surface area contributed by atoms with Crippen LogP contribution in [0, 0.1) is 20.8 Å². The molecule has 1 aromatic heterocycles. The Bertz CT molecular complexity index is 700. The zero-order chi connectivity index (χ0) is 14.4. The van der Waals surface area contributed by atoms with Gasteiger partial charge in [0.15, 0.2) is 0 Å². The molecule has 1 aromatic carbocycles. The zero-order valence-corrected chi connectivity index (χ0v) is 12.3. The van der Waals surface area contributed by atoms with Gasteiger partial charge in [-0.15, -0.1) is 0 Å². The summed E-state index contributed by atoms with van der Waals surface area (Å²) in [5, 5.41) is 7.40. The van der Waals surface area contributed by atoms with E-state index in [4.69, 9.17) is 0 Å². The van der Waals surface area contributed by atoms with E-state index in [2.05, 4.69) is 42.5 Å². The second-order valence-electron chi connectivity index (χ2n) is 5.64. The number of carbonyl (C=O) groups excluding carboxylic acids is 1. The van der Waals surface area contributed by atoms with Gasteiger partial charge in [0.1, 0.15) is 5.82 Å². The molecule has 104 valence electrons. The minimum Gasteiger partial charge on any atom is -0.311 e. The predicted molar refractivity (Wildman–Crippen MR) is 79.0 cm³/mol. The van der Waals surface area contributed by atoms with Gasteiger partial charge in [0.25, 0.3) is 0 Å². The Hall–Kier alpha value is -2.10. The molecular formula is C16H19N3O. The first-order valence-electron chi connectivity index (χ1n) is 6.88. The van der Waals surface area contributed by atoms with E-state index in [0.29, 0.717) is 6.42 Å². The number of anilines is 1. The molecule has 1 N–H and O–H groups in total. The van der Waals surface area contributed by atoms with Gasteiger partial charge in [-0.1, -0.05) is 23.8 Å². The number of hydrogen-bond donors (Lipinski definition) is 1. The van der Waals surface area contributed by atoms with Gasteiger partial charge < -0.3 is 5.32 Å². The molecule has 0 aliphatic carbocycles. The summed E-state index contributed by atoms with van der Waals surface area (Å²) in [6.45, 7) is 6.20. The van der Waals surface area contributed by atoms with Crippen LogP contribution >= 0.6 is 0 Å². The van der Waals surface area contributed by atoms with Crippen LogP contribution in [0.5, 0.6) is 0 Å². The lowest BCUT2D eigenvalue weighted by atomic mass is 9.83. The summed E-state index contributed by atoms with van der Waals surface area (Å²) in [6.07, 6.45) is 0.490. The van der Waals surface area contributed by atoms with Crippen LogP contribution < -0.4 is 5.32 Å². The molecule has 0 fully saturated rings. The summed E-state index contributed by atoms with van der Waals surface area (Å²) >= 11 is 0. The fourth-order valence-electron chi connectivity index (χ4n) is 3.11. The van der Waals surface area contributed by atoms with E-state index in [0.717, 1.165) is 17.1 Å². The van der Waals surface area contributed by atoms with Crippen LogP contribution in [0.3, 0.4) is 0 Å². The van der Waals surface area contributed by atoms with Crippen LogP contribution in [0.4, 0.5) is 5.82 Å². The third kappa shape index (κ3) is 1.92. The van der Waals surface area contributed by atoms with Crippen molar-refractivity contribution in [3.63, 3.8) is 0 Å². The Morgan fingerprint density at radius 2 is 2.05 bits per heavy atom. The number of carbonyl (C=O) groups is 1. The molecular weight excluding hydrogens is 250 g/mol. The fraction of sp³-hybridized carbons (Fsp3) is 0.375. The predicted octanol–water partition coefficient (Wildman–Crippen LogP) is 2.82. The average molecular weight is 269 g/mol. The minimum absolute atomic E-state index is 0.0615. The highest BCUT2D eigenvalue weighted by molar-refractivity contribution is 5.94. The third-order valence-corrected chi connectivity index (χ3v) is 4.07. The normalized spacial score (nSPS) is 17.8. The molecule has 1 aliphatic rings. The first kappa shape index (κ1) is 12.9. The van der Waals surface area contributed by atoms with Crippen LogP contribution in [0.15, 0.2) is 18.2 Å². The number of rotatable bonds is 1. The first-order chi connectivity index (χ1) is 9.47. The molecule has 0 saturated heterocycles. The van der Waals surface area contributed by atoms with Gasteiger partial charge >= 0.3 is 0 Å². The topological polar surface area (TPSA) is 46.9 Å². The molecule has 20 heavy (non-hydrogen) atoms. The maximum atomic E-state index is 12.0. The number of aryl methyl sites for hydroxylation is 4. The number of nitrogens with zero attached hydrogens (tertiary/aromatic N) is 2. The fourth-order valence-corrected chi connectivity index (χ4v) is 3.11. The van der Waals surface area contributed by atoms with Crippen molar-refractivity contribution in [1.82, 2.24) is 9.78 Å². The Morgan fingerprint density at radius 1 is 1.30 bits per heavy atom. The summed E-state index contributed by atoms with van der Waals surface area (Å²) in [4.78, 5) is 12.0. The van der Waals surface area contributed by atoms with Crippen LogP contribution in [-0.4, -0.2) is 15.7 Å². The van der Waals surface area contributed by atoms with Crippen LogP contribution in [0.25, 0.3) is 0 Å². The average Bonchev–Trinajstić information content (AvgIpc) is 2.67. The van der Waals surface area contributed by atoms with Crippen LogP contribution in [0.2, 0.25) is 0 Å². The minimum atomic E-state index is 0.0615. The van der Waals surface area contributed by atoms with Gasteiger partial charge in [-0.3, -0.25) is 9.48 Å². The Kier molecular flexibility index (Phi) is 2.89. The second-order valence-corrected chi connectivity index (χ2v) is 5.64. The third-order valence-electron chi connectivity index (χ3n) is 4.07. The number of amides is 1. The number of hydrogen-bond acceptors (Lipinski definition) is 2. The van der Waals surface area contributed by atoms with Crippen molar-refractivity contribution in [2.45, 2.75) is 33.1 Å². The van der Waals surface area contributed by atoms with Crippen LogP contribution in [0.1, 0.15) is 40.3 Å². The molecule has 1 atom stereocenters. The molecule has 0 radical (unpaired) electrons. The van der Waals surface area contributed by atoms with E-state index in [9.17, 15) is 4.79 Å². The standard InChI is InChI=1S/C16H19N3O/c1-9-5-6-10(2)12(7-9)13-8-14(20)17-16-15(13)11(3)18-19(16)4/h5-7,13H,8H2,1-4H3,(H,17,20)/t13-/m1/s1. The number of aromatic nitrogens is 2. The van der Waals surface area contributed by atoms with Crippen molar-refractivity contribution in [1.29, 1.82) is 0 Å². The quantitative estimate of drug-likeness (QED) is 0.865. The van der Waals surface area contributed by atoms with Gasteiger partial charge in [0.05, 0.1) is 5.69 Å². The van der Waals surface area contributed by atoms with E-state index in [1.807, 2.05) is 14.0 Å². The van der Waals surface area contributed by atoms with Crippen molar-refractivity contribution in [3.8, 4) is 0 Å². The van der Waals surface area contributed by atoms with Crippen LogP contribution in [-0.2, 0) is 11.8 Å². The first-order valence-corrected chi connectivity index (χ1v) is 6.88. The molecule has 0 saturated carbocycles. The Labute approximate surface area is 118 Å². The maximum Gasteiger partial charge on any atom is 0.226 e. The Morgan fingerprint density at radius 3 is 2.80 bits per heavy atom. The van der Waals surface area contributed by atoms with Gasteiger partial charge in [-0.05, 0) is 31.9 Å². The van der Waals surface area contributed by atoms with Gasteiger partial charge in [-0.2, -0.15) is 5.10 Å². The van der Waals surface area contributed by atoms with Gasteiger partial charge in [0, 0.05) is 24.9 Å². The summed E-state index contributed by atoms with van der Waals surface area (Å²) < 4.78 is 1.76. The van der Waals surface area contributed by atoms with Crippen molar-refractivity contribution >= 4 is 11.7 Å². The van der Waals surface area contributed by atoms with E-state index in [1.165, 1.54) is 16.7 Å². The maximum absolute atomic E-state index is 12.0. The highest BCUT2D eigenvalue weighted by atomic mass is 16.1. The highest BCUT2D eigenvalue weighted by Gasteiger charge is 2.32. The van der Waals surface area contributed by atoms with E-state index >= 15 is 0 Å². The molecule has 0 spiro atoms. The summed E-state index contributed by atoms with van der Waals surface area (Å²) in [6, 6.07) is 6.43. The van der Waals surface area contributed by atoms with E-state index in [-0.39, 0.29) is 11.8 Å². The molecule has 4 nitrogen and oxygen atoms in total. The smallest absolute Gasteiger partial charge is 0.226 e. The SMILES string of the molecule is Cc1ccc(C)c([C@H]2CC(=O)Nc3c2c(C)nn3C)c1. The lowest BCUT2D eigenvalue weighted by Crippen LogP contribution is -2.25. The molecule has 4 heteroatoms. The summed E-state index contributed by atoms with van der Waals surface area (Å²) in [5.74, 6) is 1.00. The van der Waals surface area contributed by atoms with Crippen molar-refractivity contribution in [3.05, 3.63) is 46.1 Å². The molecule has 0 unspecified atom stereocenters. The van der Waals surface area contributed by atoms with E-state index < -0.39 is 0 Å². The lowest BCUT2D eigenvalue weighted by molar-refractivity contribution is -0.116. The Balaban J connectivity index is 2.20. The van der Waals surface area contributed by atoms with Gasteiger partial charge in [0.2, 0.25) is 5.91 Å². The largest absolute Gasteiger partial charge is 0.311 e. The second kappa shape index (κ2) is 4.47. The van der Waals surface area contributed by atoms with Crippen molar-refractivity contribution in [2.24, 2.45) is 7.05 Å². The molecule has 2 aromatic rings. The van der Waals surface area contributed by atoms with Gasteiger partial charge in [-0.25, -0.2) is 0 Å². The zero-order valence-electron chi connectivity index (χ0n) is 12.3. The molecule has 1 aliphatic heterocycles. The van der Waals surface area contributed by atoms with Crippen molar-refractivity contribution < 1.29 is 4.79 Å². The molecule has 2 heterocycles. The number of fused-ring (bicyclic) bond motifs is 1. The van der Waals surface area contributed by atoms with E-state index in [1.54, 1.807) is 4.68 Å². The molecule has 3 rings (SSSR count). The lowest BCUT2D eigenvalue weighted by Gasteiger charge is -2.25. The highest BCUT2D eigenvalue weighted by Crippen LogP contribution is 2.40. The molecule has 1 amide bonds. The molecule has 0 bridgehead atoms. The summed E-state index contributed by atoms with van der Waals surface area (Å²) in [7, 11) is 1.87. The van der Waals surface area contributed by atoms with Crippen molar-refractivity contribution in [2.75, 3.05) is 5.32 Å². The monoisotopic (exact) mass is 269 g/mol.